The number of para-hydroxylation sites is 2. The summed E-state index contributed by atoms with van der Waals surface area (Å²) >= 11 is 1.16. The summed E-state index contributed by atoms with van der Waals surface area (Å²) in [4.78, 5) is 44.5. The normalized spacial score (nSPS) is 10.9. The molecule has 7 nitrogen and oxygen atoms in total. The van der Waals surface area contributed by atoms with Crippen LogP contribution in [0.25, 0.3) is 6.08 Å². The Morgan fingerprint density at radius 2 is 1.83 bits per heavy atom. The van der Waals surface area contributed by atoms with Crippen LogP contribution < -0.4 is 10.2 Å². The second kappa shape index (κ2) is 12.0. The first-order valence-corrected chi connectivity index (χ1v) is 12.0. The number of nitrogens with one attached hydrogen (secondary N) is 1. The van der Waals surface area contributed by atoms with Crippen LogP contribution >= 0.6 is 11.3 Å². The molecule has 0 atom stereocenters. The molecule has 3 aromatic rings. The Hall–Kier alpha value is -3.85. The van der Waals surface area contributed by atoms with E-state index in [-0.39, 0.29) is 35.1 Å². The fraction of sp³-hybridized carbons (Fsp3) is 0.231. The predicted octanol–water partition coefficient (Wildman–Crippen LogP) is 5.17. The van der Waals surface area contributed by atoms with Crippen LogP contribution in [-0.2, 0) is 14.4 Å². The van der Waals surface area contributed by atoms with Gasteiger partial charge in [-0.1, -0.05) is 37.3 Å². The van der Waals surface area contributed by atoms with Gasteiger partial charge < -0.3 is 10.2 Å². The van der Waals surface area contributed by atoms with Crippen LogP contribution in [0.4, 0.5) is 20.9 Å². The molecule has 0 bridgehead atoms. The number of aryl methyl sites for hydroxylation is 1. The lowest BCUT2D eigenvalue weighted by Gasteiger charge is -2.20. The highest BCUT2D eigenvalue weighted by Crippen LogP contribution is 2.31. The largest absolute Gasteiger partial charge is 0.330 e. The summed E-state index contributed by atoms with van der Waals surface area (Å²) in [6.45, 7) is 5.48. The lowest BCUT2D eigenvalue weighted by atomic mass is 10.2. The molecule has 0 fully saturated rings. The highest BCUT2D eigenvalue weighted by Gasteiger charge is 2.21. The van der Waals surface area contributed by atoms with E-state index < -0.39 is 5.82 Å². The Morgan fingerprint density at radius 1 is 1.11 bits per heavy atom. The zero-order chi connectivity index (χ0) is 25.4. The van der Waals surface area contributed by atoms with Crippen LogP contribution in [0.1, 0.15) is 31.5 Å². The molecular weight excluding hydrogens is 467 g/mol. The van der Waals surface area contributed by atoms with E-state index in [1.54, 1.807) is 17.5 Å². The molecule has 0 unspecified atom stereocenters. The summed E-state index contributed by atoms with van der Waals surface area (Å²) in [6.07, 6.45) is 3.55. The van der Waals surface area contributed by atoms with Crippen LogP contribution in [0, 0.1) is 12.7 Å². The third-order valence-electron chi connectivity index (χ3n) is 5.06. The number of rotatable bonds is 9. The molecule has 0 saturated heterocycles. The van der Waals surface area contributed by atoms with Gasteiger partial charge >= 0.3 is 0 Å². The van der Waals surface area contributed by atoms with Crippen molar-refractivity contribution < 1.29 is 18.8 Å². The van der Waals surface area contributed by atoms with E-state index in [2.05, 4.69) is 10.3 Å². The van der Waals surface area contributed by atoms with Crippen LogP contribution in [0.2, 0.25) is 0 Å². The molecule has 0 spiro atoms. The van der Waals surface area contributed by atoms with Gasteiger partial charge in [-0.05, 0) is 43.2 Å². The maximum Gasteiger partial charge on any atom is 0.247 e. The number of benzene rings is 2. The smallest absolute Gasteiger partial charge is 0.247 e. The molecule has 0 aliphatic heterocycles. The average molecular weight is 495 g/mol. The standard InChI is InChI=1S/C26H27FN4O3S/c1-4-15-30(16-24(33)29-22-11-7-5-9-18(22)2)25(34)14-13-20-17-35-26(28-20)31(19(3)32)23-12-8-6-10-21(23)27/h5-14,17H,4,15-16H2,1-3H3,(H,29,33)/b14-13+. The zero-order valence-corrected chi connectivity index (χ0v) is 20.6. The molecule has 35 heavy (non-hydrogen) atoms. The van der Waals surface area contributed by atoms with Gasteiger partial charge in [0.1, 0.15) is 12.4 Å². The number of carbonyl (C=O) groups is 3. The van der Waals surface area contributed by atoms with Crippen molar-refractivity contribution in [1.82, 2.24) is 9.88 Å². The highest BCUT2D eigenvalue weighted by molar-refractivity contribution is 7.14. The molecule has 1 N–H and O–H groups in total. The van der Waals surface area contributed by atoms with E-state index in [9.17, 15) is 18.8 Å². The number of thiazole rings is 1. The van der Waals surface area contributed by atoms with Gasteiger partial charge in [-0.3, -0.25) is 19.3 Å². The summed E-state index contributed by atoms with van der Waals surface area (Å²) in [5.74, 6) is -1.54. The molecule has 0 radical (unpaired) electrons. The van der Waals surface area contributed by atoms with Gasteiger partial charge in [0.15, 0.2) is 5.13 Å². The Morgan fingerprint density at radius 3 is 2.51 bits per heavy atom. The van der Waals surface area contributed by atoms with Crippen molar-refractivity contribution in [3.8, 4) is 0 Å². The minimum absolute atomic E-state index is 0.0843. The van der Waals surface area contributed by atoms with Gasteiger partial charge in [-0.25, -0.2) is 9.37 Å². The van der Waals surface area contributed by atoms with E-state index in [1.165, 1.54) is 41.0 Å². The molecule has 1 aromatic heterocycles. The van der Waals surface area contributed by atoms with E-state index in [1.807, 2.05) is 38.1 Å². The van der Waals surface area contributed by atoms with Crippen LogP contribution in [0.15, 0.2) is 60.0 Å². The Balaban J connectivity index is 1.70. The van der Waals surface area contributed by atoms with E-state index in [0.29, 0.717) is 24.3 Å². The van der Waals surface area contributed by atoms with Crippen molar-refractivity contribution in [2.24, 2.45) is 0 Å². The van der Waals surface area contributed by atoms with Crippen molar-refractivity contribution in [3.05, 3.63) is 77.1 Å². The number of carbonyl (C=O) groups excluding carboxylic acids is 3. The fourth-order valence-electron chi connectivity index (χ4n) is 3.37. The molecule has 0 aliphatic rings. The van der Waals surface area contributed by atoms with Crippen molar-refractivity contribution in [1.29, 1.82) is 0 Å². The molecule has 9 heteroatoms. The number of amides is 3. The van der Waals surface area contributed by atoms with Crippen molar-refractivity contribution >= 4 is 51.6 Å². The number of anilines is 3. The minimum atomic E-state index is -0.538. The van der Waals surface area contributed by atoms with Crippen LogP contribution in [0.3, 0.4) is 0 Å². The number of nitrogens with zero attached hydrogens (tertiary/aromatic N) is 3. The van der Waals surface area contributed by atoms with Gasteiger partial charge in [0.2, 0.25) is 17.7 Å². The lowest BCUT2D eigenvalue weighted by Crippen LogP contribution is -2.37. The summed E-state index contributed by atoms with van der Waals surface area (Å²) in [5.41, 5.74) is 2.19. The van der Waals surface area contributed by atoms with Crippen molar-refractivity contribution in [2.45, 2.75) is 27.2 Å². The van der Waals surface area contributed by atoms with Gasteiger partial charge in [0, 0.05) is 30.6 Å². The first-order valence-electron chi connectivity index (χ1n) is 11.1. The summed E-state index contributed by atoms with van der Waals surface area (Å²) in [6, 6.07) is 13.4. The SMILES string of the molecule is CCCN(CC(=O)Nc1ccccc1C)C(=O)/C=C/c1csc(N(C(C)=O)c2ccccc2F)n1. The molecule has 3 rings (SSSR count). The first-order chi connectivity index (χ1) is 16.8. The topological polar surface area (TPSA) is 82.6 Å². The van der Waals surface area contributed by atoms with Crippen molar-refractivity contribution in [3.63, 3.8) is 0 Å². The van der Waals surface area contributed by atoms with E-state index in [4.69, 9.17) is 0 Å². The molecule has 182 valence electrons. The van der Waals surface area contributed by atoms with Gasteiger partial charge in [0.25, 0.3) is 0 Å². The van der Waals surface area contributed by atoms with Crippen molar-refractivity contribution in [2.75, 3.05) is 23.3 Å². The average Bonchev–Trinajstić information content (AvgIpc) is 3.28. The molecule has 3 amide bonds. The van der Waals surface area contributed by atoms with Crippen LogP contribution in [0.5, 0.6) is 0 Å². The van der Waals surface area contributed by atoms with Gasteiger partial charge in [0.05, 0.1) is 11.4 Å². The van der Waals surface area contributed by atoms with Gasteiger partial charge in [-0.15, -0.1) is 11.3 Å². The quantitative estimate of drug-likeness (QED) is 0.416. The van der Waals surface area contributed by atoms with Crippen LogP contribution in [-0.4, -0.2) is 40.7 Å². The predicted molar refractivity (Wildman–Crippen MR) is 137 cm³/mol. The second-order valence-corrected chi connectivity index (χ2v) is 8.65. The monoisotopic (exact) mass is 494 g/mol. The van der Waals surface area contributed by atoms with E-state index >= 15 is 0 Å². The number of aromatic nitrogens is 1. The number of hydrogen-bond donors (Lipinski definition) is 1. The van der Waals surface area contributed by atoms with E-state index in [0.717, 1.165) is 16.9 Å². The Kier molecular flexibility index (Phi) is 8.86. The fourth-order valence-corrected chi connectivity index (χ4v) is 4.22. The van der Waals surface area contributed by atoms with Gasteiger partial charge in [-0.2, -0.15) is 0 Å². The number of halogens is 1. The number of hydrogen-bond acceptors (Lipinski definition) is 5. The third-order valence-corrected chi connectivity index (χ3v) is 5.91. The maximum atomic E-state index is 14.3. The molecule has 0 aliphatic carbocycles. The lowest BCUT2D eigenvalue weighted by molar-refractivity contribution is -0.130. The summed E-state index contributed by atoms with van der Waals surface area (Å²) in [5, 5.41) is 4.80. The Bertz CT molecular complexity index is 1240. The highest BCUT2D eigenvalue weighted by atomic mass is 32.1. The maximum absolute atomic E-state index is 14.3. The first kappa shape index (κ1) is 25.8. The summed E-state index contributed by atoms with van der Waals surface area (Å²) in [7, 11) is 0. The third kappa shape index (κ3) is 6.83. The minimum Gasteiger partial charge on any atom is -0.330 e. The molecule has 2 aromatic carbocycles. The summed E-state index contributed by atoms with van der Waals surface area (Å²) < 4.78 is 14.3. The molecule has 0 saturated carbocycles. The molecular formula is C26H27FN4O3S. The molecule has 1 heterocycles. The zero-order valence-electron chi connectivity index (χ0n) is 19.8. The second-order valence-electron chi connectivity index (χ2n) is 7.82. The Labute approximate surface area is 207 Å².